The largest absolute Gasteiger partial charge is 0.300 e. The van der Waals surface area contributed by atoms with E-state index in [1.54, 1.807) is 20.8 Å². The number of sulfone groups is 1. The van der Waals surface area contributed by atoms with E-state index in [4.69, 9.17) is 0 Å². The maximum atomic E-state index is 11.8. The topological polar surface area (TPSA) is 83.6 Å². The number of nitrogens with one attached hydrogen (secondary N) is 1. The summed E-state index contributed by atoms with van der Waals surface area (Å²) in [6.45, 7) is 4.92. The summed E-state index contributed by atoms with van der Waals surface area (Å²) in [5.74, 6) is -0.927. The monoisotopic (exact) mass is 262 g/mol. The third kappa shape index (κ3) is 3.26. The van der Waals surface area contributed by atoms with Crippen molar-refractivity contribution < 1.29 is 18.0 Å². The van der Waals surface area contributed by atoms with Gasteiger partial charge in [0.15, 0.2) is 9.84 Å². The number of imide groups is 1. The minimum absolute atomic E-state index is 0.0566. The van der Waals surface area contributed by atoms with Crippen LogP contribution in [0.2, 0.25) is 0 Å². The zero-order valence-electron chi connectivity index (χ0n) is 10.3. The van der Waals surface area contributed by atoms with E-state index >= 15 is 0 Å². The van der Waals surface area contributed by atoms with E-state index in [2.05, 4.69) is 5.32 Å². The van der Waals surface area contributed by atoms with Crippen LogP contribution in [0.3, 0.4) is 0 Å². The van der Waals surface area contributed by atoms with Gasteiger partial charge in [-0.2, -0.15) is 0 Å². The molecule has 98 valence electrons. The fraction of sp³-hybridized carbons (Fsp3) is 0.800. The van der Waals surface area contributed by atoms with E-state index in [0.717, 1.165) is 4.90 Å². The van der Waals surface area contributed by atoms with Crippen LogP contribution in [0.4, 0.5) is 0 Å². The minimum atomic E-state index is -3.31. The van der Waals surface area contributed by atoms with Gasteiger partial charge in [0, 0.05) is 6.54 Å². The maximum Gasteiger partial charge on any atom is 0.243 e. The van der Waals surface area contributed by atoms with Crippen LogP contribution in [0.25, 0.3) is 0 Å². The van der Waals surface area contributed by atoms with Crippen molar-refractivity contribution in [2.24, 2.45) is 0 Å². The Hall–Kier alpha value is -0.950. The lowest BCUT2D eigenvalue weighted by molar-refractivity contribution is -0.146. The highest BCUT2D eigenvalue weighted by Gasteiger charge is 2.32. The fourth-order valence-electron chi connectivity index (χ4n) is 1.37. The highest BCUT2D eigenvalue weighted by atomic mass is 32.2. The molecule has 0 aromatic heterocycles. The molecule has 0 saturated carbocycles. The van der Waals surface area contributed by atoms with Crippen LogP contribution in [-0.2, 0) is 19.4 Å². The fourth-order valence-corrected chi connectivity index (χ4v) is 2.41. The third-order valence-corrected chi connectivity index (χ3v) is 5.26. The van der Waals surface area contributed by atoms with Crippen molar-refractivity contribution in [1.29, 1.82) is 0 Å². The number of amides is 2. The Morgan fingerprint density at radius 1 is 1.18 bits per heavy atom. The van der Waals surface area contributed by atoms with Gasteiger partial charge in [0.1, 0.15) is 0 Å². The Morgan fingerprint density at radius 2 is 1.65 bits per heavy atom. The van der Waals surface area contributed by atoms with E-state index in [9.17, 15) is 18.0 Å². The van der Waals surface area contributed by atoms with Gasteiger partial charge in [-0.05, 0) is 20.8 Å². The van der Waals surface area contributed by atoms with Crippen LogP contribution >= 0.6 is 0 Å². The standard InChI is InChI=1S/C10H18N2O4S/c1-10(2,3)17(15,16)5-4-12-8(13)6-11-7-9(12)14/h11H,4-7H2,1-3H3. The molecular formula is C10H18N2O4S. The molecule has 17 heavy (non-hydrogen) atoms. The van der Waals surface area contributed by atoms with Crippen LogP contribution < -0.4 is 5.32 Å². The second-order valence-corrected chi connectivity index (χ2v) is 7.84. The predicted octanol–water partition coefficient (Wildman–Crippen LogP) is -0.842. The lowest BCUT2D eigenvalue weighted by Crippen LogP contribution is -2.53. The summed E-state index contributed by atoms with van der Waals surface area (Å²) >= 11 is 0. The van der Waals surface area contributed by atoms with Gasteiger partial charge >= 0.3 is 0 Å². The first-order valence-corrected chi connectivity index (χ1v) is 7.06. The molecular weight excluding hydrogens is 244 g/mol. The first kappa shape index (κ1) is 14.1. The van der Waals surface area contributed by atoms with Crippen molar-refractivity contribution in [2.75, 3.05) is 25.4 Å². The molecule has 0 spiro atoms. The molecule has 6 nitrogen and oxygen atoms in total. The normalized spacial score (nSPS) is 18.6. The highest BCUT2D eigenvalue weighted by molar-refractivity contribution is 7.92. The summed E-state index contributed by atoms with van der Waals surface area (Å²) in [6.07, 6.45) is 0. The average molecular weight is 262 g/mol. The van der Waals surface area contributed by atoms with Gasteiger partial charge in [-0.15, -0.1) is 0 Å². The molecule has 1 aliphatic rings. The van der Waals surface area contributed by atoms with Gasteiger partial charge in [-0.3, -0.25) is 19.8 Å². The Morgan fingerprint density at radius 3 is 2.06 bits per heavy atom. The molecule has 1 aliphatic heterocycles. The number of carbonyl (C=O) groups excluding carboxylic acids is 2. The summed E-state index contributed by atoms with van der Waals surface area (Å²) in [5.41, 5.74) is 0. The van der Waals surface area contributed by atoms with Crippen LogP contribution in [0.5, 0.6) is 0 Å². The van der Waals surface area contributed by atoms with Crippen molar-refractivity contribution in [3.63, 3.8) is 0 Å². The SMILES string of the molecule is CC(C)(C)S(=O)(=O)CCN1C(=O)CNCC1=O. The molecule has 2 amide bonds. The molecule has 1 heterocycles. The molecule has 0 aromatic rings. The van der Waals surface area contributed by atoms with Crippen molar-refractivity contribution in [3.05, 3.63) is 0 Å². The first-order valence-electron chi connectivity index (χ1n) is 5.41. The first-order chi connectivity index (χ1) is 7.65. The van der Waals surface area contributed by atoms with Crippen LogP contribution in [0.15, 0.2) is 0 Å². The molecule has 0 bridgehead atoms. The zero-order chi connectivity index (χ0) is 13.3. The molecule has 1 rings (SSSR count). The van der Waals surface area contributed by atoms with E-state index in [1.807, 2.05) is 0 Å². The van der Waals surface area contributed by atoms with Gasteiger partial charge < -0.3 is 0 Å². The molecule has 1 N–H and O–H groups in total. The van der Waals surface area contributed by atoms with Gasteiger partial charge in [0.25, 0.3) is 0 Å². The molecule has 0 unspecified atom stereocenters. The number of rotatable bonds is 3. The zero-order valence-corrected chi connectivity index (χ0v) is 11.1. The summed E-state index contributed by atoms with van der Waals surface area (Å²) in [4.78, 5) is 23.9. The molecule has 1 fully saturated rings. The van der Waals surface area contributed by atoms with Crippen molar-refractivity contribution in [3.8, 4) is 0 Å². The van der Waals surface area contributed by atoms with Gasteiger partial charge in [0.2, 0.25) is 11.8 Å². The Labute approximate surface area is 101 Å². The maximum absolute atomic E-state index is 11.8. The lowest BCUT2D eigenvalue weighted by Gasteiger charge is -2.27. The van der Waals surface area contributed by atoms with Crippen LogP contribution in [-0.4, -0.2) is 55.3 Å². The minimum Gasteiger partial charge on any atom is -0.300 e. The number of piperazine rings is 1. The Bertz CT molecular complexity index is 406. The van der Waals surface area contributed by atoms with E-state index in [1.165, 1.54) is 0 Å². The van der Waals surface area contributed by atoms with Crippen molar-refractivity contribution >= 4 is 21.7 Å². The average Bonchev–Trinajstić information content (AvgIpc) is 2.15. The van der Waals surface area contributed by atoms with Crippen molar-refractivity contribution in [1.82, 2.24) is 10.2 Å². The molecule has 0 atom stereocenters. The lowest BCUT2D eigenvalue weighted by atomic mass is 10.3. The van der Waals surface area contributed by atoms with E-state index < -0.39 is 14.6 Å². The van der Waals surface area contributed by atoms with Gasteiger partial charge in [-0.1, -0.05) is 0 Å². The van der Waals surface area contributed by atoms with Crippen LogP contribution in [0, 0.1) is 0 Å². The molecule has 7 heteroatoms. The molecule has 0 radical (unpaired) electrons. The van der Waals surface area contributed by atoms with Crippen LogP contribution in [0.1, 0.15) is 20.8 Å². The Kier molecular flexibility index (Phi) is 3.93. The Balaban J connectivity index is 2.68. The second kappa shape index (κ2) is 4.73. The number of hydrogen-bond donors (Lipinski definition) is 1. The predicted molar refractivity (Wildman–Crippen MR) is 63.1 cm³/mol. The summed E-state index contributed by atoms with van der Waals surface area (Å²) < 4.78 is 22.8. The van der Waals surface area contributed by atoms with Crippen molar-refractivity contribution in [2.45, 2.75) is 25.5 Å². The third-order valence-electron chi connectivity index (χ3n) is 2.67. The molecule has 0 aromatic carbocycles. The van der Waals surface area contributed by atoms with Gasteiger partial charge in [0.05, 0.1) is 23.6 Å². The molecule has 1 saturated heterocycles. The summed E-state index contributed by atoms with van der Waals surface area (Å²) in [6, 6.07) is 0. The molecule has 0 aliphatic carbocycles. The summed E-state index contributed by atoms with van der Waals surface area (Å²) in [5, 5.41) is 2.65. The second-order valence-electron chi connectivity index (χ2n) is 4.97. The quantitative estimate of drug-likeness (QED) is 0.670. The van der Waals surface area contributed by atoms with Gasteiger partial charge in [-0.25, -0.2) is 8.42 Å². The highest BCUT2D eigenvalue weighted by Crippen LogP contribution is 2.16. The van der Waals surface area contributed by atoms with E-state index in [-0.39, 0.29) is 37.2 Å². The smallest absolute Gasteiger partial charge is 0.243 e. The summed E-state index contributed by atoms with van der Waals surface area (Å²) in [7, 11) is -3.31. The van der Waals surface area contributed by atoms with E-state index in [0.29, 0.717) is 0 Å². The number of nitrogens with zero attached hydrogens (tertiary/aromatic N) is 1. The number of carbonyl (C=O) groups is 2. The number of hydrogen-bond acceptors (Lipinski definition) is 5.